The Morgan fingerprint density at radius 3 is 2.50 bits per heavy atom. The van der Waals surface area contributed by atoms with Crippen molar-refractivity contribution in [3.05, 3.63) is 28.7 Å². The van der Waals surface area contributed by atoms with Gasteiger partial charge in [0.15, 0.2) is 5.22 Å². The normalized spacial score (nSPS) is 12.8. The lowest BCUT2D eigenvalue weighted by Crippen LogP contribution is -2.26. The van der Waals surface area contributed by atoms with Crippen molar-refractivity contribution in [1.29, 1.82) is 0 Å². The first-order valence-corrected chi connectivity index (χ1v) is 6.06. The summed E-state index contributed by atoms with van der Waals surface area (Å²) in [6.07, 6.45) is 2.06. The first kappa shape index (κ1) is 13.3. The van der Waals surface area contributed by atoms with E-state index in [9.17, 15) is 0 Å². The molecule has 2 nitrogen and oxygen atoms in total. The minimum atomic E-state index is 0.436. The van der Waals surface area contributed by atoms with Crippen LogP contribution in [0.1, 0.15) is 33.5 Å². The standard InChI is InChI=1S/C13H20ClNO/c1-9(2)11(8-15-10(3)4)7-12-5-6-13(14)16-12/h5-7,9-10,15H,8H2,1-4H3. The maximum atomic E-state index is 5.74. The van der Waals surface area contributed by atoms with E-state index >= 15 is 0 Å². The Labute approximate surface area is 103 Å². The molecular formula is C13H20ClNO. The Kier molecular flexibility index (Phi) is 5.10. The van der Waals surface area contributed by atoms with E-state index in [1.807, 2.05) is 6.07 Å². The fourth-order valence-electron chi connectivity index (χ4n) is 1.33. The van der Waals surface area contributed by atoms with Crippen LogP contribution in [0.5, 0.6) is 0 Å². The highest BCUT2D eigenvalue weighted by Gasteiger charge is 2.06. The summed E-state index contributed by atoms with van der Waals surface area (Å²) in [6.45, 7) is 9.52. The Morgan fingerprint density at radius 1 is 1.38 bits per heavy atom. The molecule has 0 aliphatic heterocycles. The number of halogens is 1. The van der Waals surface area contributed by atoms with Gasteiger partial charge in [-0.05, 0) is 35.7 Å². The lowest BCUT2D eigenvalue weighted by molar-refractivity contribution is 0.554. The second-order valence-corrected chi connectivity index (χ2v) is 4.92. The van der Waals surface area contributed by atoms with Crippen LogP contribution in [0.3, 0.4) is 0 Å². The van der Waals surface area contributed by atoms with Gasteiger partial charge < -0.3 is 9.73 Å². The number of hydrogen-bond donors (Lipinski definition) is 1. The molecule has 1 heterocycles. The molecular weight excluding hydrogens is 222 g/mol. The Morgan fingerprint density at radius 2 is 2.06 bits per heavy atom. The van der Waals surface area contributed by atoms with Crippen molar-refractivity contribution in [3.63, 3.8) is 0 Å². The van der Waals surface area contributed by atoms with Crippen LogP contribution in [-0.4, -0.2) is 12.6 Å². The van der Waals surface area contributed by atoms with Crippen LogP contribution in [0.25, 0.3) is 6.08 Å². The summed E-state index contributed by atoms with van der Waals surface area (Å²) in [5.74, 6) is 1.31. The van der Waals surface area contributed by atoms with Gasteiger partial charge in [-0.3, -0.25) is 0 Å². The van der Waals surface area contributed by atoms with Crippen LogP contribution in [0.15, 0.2) is 22.1 Å². The van der Waals surface area contributed by atoms with E-state index < -0.39 is 0 Å². The number of hydrogen-bond acceptors (Lipinski definition) is 2. The molecule has 16 heavy (non-hydrogen) atoms. The average Bonchev–Trinajstić information content (AvgIpc) is 2.57. The molecule has 0 unspecified atom stereocenters. The average molecular weight is 242 g/mol. The van der Waals surface area contributed by atoms with E-state index in [0.29, 0.717) is 17.2 Å². The fourth-order valence-corrected chi connectivity index (χ4v) is 1.48. The van der Waals surface area contributed by atoms with Gasteiger partial charge in [-0.2, -0.15) is 0 Å². The molecule has 0 aromatic carbocycles. The van der Waals surface area contributed by atoms with Crippen molar-refractivity contribution in [2.24, 2.45) is 5.92 Å². The minimum absolute atomic E-state index is 0.436. The van der Waals surface area contributed by atoms with Gasteiger partial charge in [0.25, 0.3) is 0 Å². The van der Waals surface area contributed by atoms with Gasteiger partial charge in [0, 0.05) is 12.6 Å². The van der Waals surface area contributed by atoms with Gasteiger partial charge in [0.05, 0.1) is 0 Å². The van der Waals surface area contributed by atoms with E-state index in [0.717, 1.165) is 12.3 Å². The summed E-state index contributed by atoms with van der Waals surface area (Å²) in [6, 6.07) is 4.14. The van der Waals surface area contributed by atoms with Crippen LogP contribution < -0.4 is 5.32 Å². The Bertz CT molecular complexity index is 353. The molecule has 0 saturated carbocycles. The summed E-state index contributed by atoms with van der Waals surface area (Å²) < 4.78 is 5.33. The number of rotatable bonds is 5. The van der Waals surface area contributed by atoms with E-state index in [-0.39, 0.29) is 0 Å². The predicted molar refractivity (Wildman–Crippen MR) is 69.7 cm³/mol. The van der Waals surface area contributed by atoms with Gasteiger partial charge in [0.1, 0.15) is 5.76 Å². The van der Waals surface area contributed by atoms with E-state index in [4.69, 9.17) is 16.0 Å². The van der Waals surface area contributed by atoms with Crippen molar-refractivity contribution in [2.75, 3.05) is 6.54 Å². The third-order valence-electron chi connectivity index (χ3n) is 2.38. The molecule has 1 N–H and O–H groups in total. The summed E-state index contributed by atoms with van der Waals surface area (Å²) in [4.78, 5) is 0. The highest BCUT2D eigenvalue weighted by Crippen LogP contribution is 2.19. The molecule has 3 heteroatoms. The van der Waals surface area contributed by atoms with Gasteiger partial charge >= 0.3 is 0 Å². The van der Waals surface area contributed by atoms with E-state index in [1.54, 1.807) is 6.07 Å². The molecule has 0 radical (unpaired) electrons. The van der Waals surface area contributed by atoms with Crippen LogP contribution in [0.2, 0.25) is 5.22 Å². The smallest absolute Gasteiger partial charge is 0.193 e. The quantitative estimate of drug-likeness (QED) is 0.844. The molecule has 1 aromatic heterocycles. The maximum absolute atomic E-state index is 5.74. The molecule has 1 aromatic rings. The highest BCUT2D eigenvalue weighted by molar-refractivity contribution is 6.28. The largest absolute Gasteiger partial charge is 0.445 e. The minimum Gasteiger partial charge on any atom is -0.445 e. The molecule has 0 saturated heterocycles. The lowest BCUT2D eigenvalue weighted by Gasteiger charge is -2.14. The third-order valence-corrected chi connectivity index (χ3v) is 2.58. The first-order chi connectivity index (χ1) is 7.49. The monoisotopic (exact) mass is 241 g/mol. The molecule has 0 amide bonds. The van der Waals surface area contributed by atoms with Crippen LogP contribution in [0.4, 0.5) is 0 Å². The van der Waals surface area contributed by atoms with Gasteiger partial charge in [-0.25, -0.2) is 0 Å². The topological polar surface area (TPSA) is 25.2 Å². The van der Waals surface area contributed by atoms with E-state index in [1.165, 1.54) is 5.57 Å². The first-order valence-electron chi connectivity index (χ1n) is 5.68. The third kappa shape index (κ3) is 4.42. The second-order valence-electron chi connectivity index (χ2n) is 4.55. The van der Waals surface area contributed by atoms with Gasteiger partial charge in [-0.15, -0.1) is 0 Å². The molecule has 0 fully saturated rings. The van der Waals surface area contributed by atoms with Crippen LogP contribution in [0, 0.1) is 5.92 Å². The highest BCUT2D eigenvalue weighted by atomic mass is 35.5. The fraction of sp³-hybridized carbons (Fsp3) is 0.538. The summed E-state index contributed by atoms with van der Waals surface area (Å²) in [7, 11) is 0. The maximum Gasteiger partial charge on any atom is 0.193 e. The van der Waals surface area contributed by atoms with Crippen molar-refractivity contribution in [3.8, 4) is 0 Å². The zero-order valence-electron chi connectivity index (χ0n) is 10.4. The molecule has 1 rings (SSSR count). The van der Waals surface area contributed by atoms with E-state index in [2.05, 4.69) is 39.1 Å². The molecule has 0 bridgehead atoms. The molecule has 90 valence electrons. The van der Waals surface area contributed by atoms with Crippen LogP contribution in [-0.2, 0) is 0 Å². The molecule has 0 atom stereocenters. The SMILES string of the molecule is CC(C)NCC(=Cc1ccc(Cl)o1)C(C)C. The van der Waals surface area contributed by atoms with Crippen molar-refractivity contribution >= 4 is 17.7 Å². The zero-order chi connectivity index (χ0) is 12.1. The lowest BCUT2D eigenvalue weighted by atomic mass is 10.0. The number of furan rings is 1. The summed E-state index contributed by atoms with van der Waals surface area (Å²) in [5, 5.41) is 3.85. The van der Waals surface area contributed by atoms with Crippen LogP contribution >= 0.6 is 11.6 Å². The van der Waals surface area contributed by atoms with Gasteiger partial charge in [0.2, 0.25) is 0 Å². The second kappa shape index (κ2) is 6.12. The zero-order valence-corrected chi connectivity index (χ0v) is 11.1. The molecule has 0 aliphatic rings. The summed E-state index contributed by atoms with van der Waals surface area (Å²) >= 11 is 5.74. The van der Waals surface area contributed by atoms with Crippen molar-refractivity contribution in [1.82, 2.24) is 5.32 Å². The Balaban J connectivity index is 2.73. The van der Waals surface area contributed by atoms with Crippen molar-refractivity contribution in [2.45, 2.75) is 33.7 Å². The Hall–Kier alpha value is -0.730. The van der Waals surface area contributed by atoms with Crippen molar-refractivity contribution < 1.29 is 4.42 Å². The molecule has 0 spiro atoms. The number of nitrogens with one attached hydrogen (secondary N) is 1. The summed E-state index contributed by atoms with van der Waals surface area (Å²) in [5.41, 5.74) is 1.32. The molecule has 0 aliphatic carbocycles. The predicted octanol–water partition coefficient (Wildman–Crippen LogP) is 3.97. The van der Waals surface area contributed by atoms with Gasteiger partial charge in [-0.1, -0.05) is 33.3 Å².